The number of pyridine rings is 1. The van der Waals surface area contributed by atoms with E-state index in [1.165, 1.54) is 6.20 Å². The van der Waals surface area contributed by atoms with Crippen molar-refractivity contribution in [2.45, 2.75) is 0 Å². The van der Waals surface area contributed by atoms with Crippen molar-refractivity contribution in [2.75, 3.05) is 0 Å². The Morgan fingerprint density at radius 2 is 1.91 bits per heavy atom. The lowest BCUT2D eigenvalue weighted by Gasteiger charge is -2.15. The van der Waals surface area contributed by atoms with Crippen molar-refractivity contribution < 1.29 is 0 Å². The summed E-state index contributed by atoms with van der Waals surface area (Å²) in [6.07, 6.45) is 1.50. The number of hydrogen-bond donors (Lipinski definition) is 2. The van der Waals surface area contributed by atoms with Crippen LogP contribution in [-0.2, 0) is 0 Å². The van der Waals surface area contributed by atoms with Crippen LogP contribution in [0.4, 0.5) is 0 Å². The van der Waals surface area contributed by atoms with Crippen molar-refractivity contribution in [3.05, 3.63) is 88.8 Å². The van der Waals surface area contributed by atoms with Crippen molar-refractivity contribution in [2.24, 2.45) is 0 Å². The lowest BCUT2D eigenvalue weighted by Crippen LogP contribution is -2.18. The Labute approximate surface area is 138 Å². The molecule has 0 unspecified atom stereocenters. The largest absolute Gasteiger partial charge is 0.362 e. The van der Waals surface area contributed by atoms with Crippen LogP contribution in [0.2, 0.25) is 5.02 Å². The fourth-order valence-corrected chi connectivity index (χ4v) is 2.83. The van der Waals surface area contributed by atoms with Gasteiger partial charge >= 0.3 is 0 Å². The first kappa shape index (κ1) is 15.1. The van der Waals surface area contributed by atoms with Crippen LogP contribution in [0.5, 0.6) is 0 Å². The van der Waals surface area contributed by atoms with Gasteiger partial charge in [-0.1, -0.05) is 55.1 Å². The summed E-state index contributed by atoms with van der Waals surface area (Å²) in [5, 5.41) is 4.38. The third-order valence-corrected chi connectivity index (χ3v) is 3.85. The van der Waals surface area contributed by atoms with E-state index in [1.54, 1.807) is 12.1 Å². The summed E-state index contributed by atoms with van der Waals surface area (Å²) in [4.78, 5) is 15.5. The SMILES string of the molecule is C=CNC(=C)c1c(-c2ccccc2)c2cc(Cl)ccc2[nH]c1=O. The molecule has 0 fully saturated rings. The number of H-pyrrole nitrogens is 1. The van der Waals surface area contributed by atoms with E-state index in [0.29, 0.717) is 16.3 Å². The highest BCUT2D eigenvalue weighted by atomic mass is 35.5. The molecule has 3 nitrogen and oxygen atoms in total. The molecule has 0 radical (unpaired) electrons. The minimum Gasteiger partial charge on any atom is -0.362 e. The Kier molecular flexibility index (Phi) is 4.04. The van der Waals surface area contributed by atoms with Gasteiger partial charge in [0.25, 0.3) is 5.56 Å². The quantitative estimate of drug-likeness (QED) is 0.740. The summed E-state index contributed by atoms with van der Waals surface area (Å²) in [6.45, 7) is 7.58. The lowest BCUT2D eigenvalue weighted by atomic mass is 9.95. The maximum atomic E-state index is 12.6. The van der Waals surface area contributed by atoms with Crippen LogP contribution in [0.15, 0.2) is 72.7 Å². The number of nitrogens with one attached hydrogen (secondary N) is 2. The van der Waals surface area contributed by atoms with Crippen LogP contribution in [0.25, 0.3) is 27.7 Å². The van der Waals surface area contributed by atoms with Gasteiger partial charge in [0.2, 0.25) is 0 Å². The minimum atomic E-state index is -0.210. The maximum Gasteiger partial charge on any atom is 0.258 e. The van der Waals surface area contributed by atoms with E-state index in [9.17, 15) is 4.79 Å². The van der Waals surface area contributed by atoms with E-state index in [-0.39, 0.29) is 5.56 Å². The van der Waals surface area contributed by atoms with Crippen LogP contribution in [-0.4, -0.2) is 4.98 Å². The van der Waals surface area contributed by atoms with Crippen molar-refractivity contribution in [3.63, 3.8) is 0 Å². The molecular formula is C19H15ClN2O. The third kappa shape index (κ3) is 2.79. The first-order chi connectivity index (χ1) is 11.1. The number of aromatic nitrogens is 1. The van der Waals surface area contributed by atoms with Crippen LogP contribution < -0.4 is 10.9 Å². The van der Waals surface area contributed by atoms with Crippen molar-refractivity contribution in [1.82, 2.24) is 10.3 Å². The monoisotopic (exact) mass is 322 g/mol. The summed E-state index contributed by atoms with van der Waals surface area (Å²) in [5.41, 5.74) is 3.21. The standard InChI is InChI=1S/C19H15ClN2O/c1-3-21-12(2)17-18(13-7-5-4-6-8-13)15-11-14(20)9-10-16(15)22-19(17)23/h3-11,21H,1-2H2,(H,22,23). The Morgan fingerprint density at radius 1 is 1.17 bits per heavy atom. The summed E-state index contributed by atoms with van der Waals surface area (Å²) in [7, 11) is 0. The summed E-state index contributed by atoms with van der Waals surface area (Å²) < 4.78 is 0. The predicted octanol–water partition coefficient (Wildman–Crippen LogP) is 4.55. The van der Waals surface area contributed by atoms with Gasteiger partial charge in [0.15, 0.2) is 0 Å². The van der Waals surface area contributed by atoms with Gasteiger partial charge in [0.1, 0.15) is 0 Å². The van der Waals surface area contributed by atoms with E-state index < -0.39 is 0 Å². The Bertz CT molecular complexity index is 958. The molecule has 2 aromatic carbocycles. The van der Waals surface area contributed by atoms with Crippen molar-refractivity contribution in [1.29, 1.82) is 0 Å². The molecule has 0 spiro atoms. The molecule has 0 amide bonds. The third-order valence-electron chi connectivity index (χ3n) is 3.62. The van der Waals surface area contributed by atoms with E-state index in [1.807, 2.05) is 36.4 Å². The molecule has 0 bridgehead atoms. The summed E-state index contributed by atoms with van der Waals surface area (Å²) in [6, 6.07) is 15.1. The molecule has 0 atom stereocenters. The number of rotatable bonds is 4. The molecule has 0 saturated carbocycles. The number of aromatic amines is 1. The molecule has 114 valence electrons. The number of benzene rings is 2. The lowest BCUT2D eigenvalue weighted by molar-refractivity contribution is 1.19. The highest BCUT2D eigenvalue weighted by molar-refractivity contribution is 6.31. The Morgan fingerprint density at radius 3 is 2.61 bits per heavy atom. The van der Waals surface area contributed by atoms with Gasteiger partial charge in [-0.15, -0.1) is 0 Å². The smallest absolute Gasteiger partial charge is 0.258 e. The van der Waals surface area contributed by atoms with E-state index >= 15 is 0 Å². The second kappa shape index (κ2) is 6.15. The van der Waals surface area contributed by atoms with Crippen LogP contribution in [0.1, 0.15) is 5.56 Å². The van der Waals surface area contributed by atoms with Gasteiger partial charge in [-0.3, -0.25) is 4.79 Å². The molecule has 0 aliphatic rings. The molecule has 0 aliphatic carbocycles. The highest BCUT2D eigenvalue weighted by Crippen LogP contribution is 2.33. The highest BCUT2D eigenvalue weighted by Gasteiger charge is 2.16. The fraction of sp³-hybridized carbons (Fsp3) is 0. The Balaban J connectivity index is 2.46. The molecular weight excluding hydrogens is 308 g/mol. The minimum absolute atomic E-state index is 0.210. The van der Waals surface area contributed by atoms with Gasteiger partial charge in [0, 0.05) is 27.2 Å². The number of halogens is 1. The van der Waals surface area contributed by atoms with Gasteiger partial charge < -0.3 is 10.3 Å². The molecule has 23 heavy (non-hydrogen) atoms. The second-order valence-electron chi connectivity index (χ2n) is 5.09. The zero-order valence-electron chi connectivity index (χ0n) is 12.4. The molecule has 0 aliphatic heterocycles. The molecule has 2 N–H and O–H groups in total. The van der Waals surface area contributed by atoms with Crippen molar-refractivity contribution >= 4 is 28.2 Å². The Hall–Kier alpha value is -2.78. The molecule has 3 aromatic rings. The molecule has 3 rings (SSSR count). The second-order valence-corrected chi connectivity index (χ2v) is 5.52. The fourth-order valence-electron chi connectivity index (χ4n) is 2.65. The average Bonchev–Trinajstić information content (AvgIpc) is 2.55. The molecule has 1 heterocycles. The van der Waals surface area contributed by atoms with E-state index in [0.717, 1.165) is 22.0 Å². The van der Waals surface area contributed by atoms with Crippen LogP contribution in [0.3, 0.4) is 0 Å². The van der Waals surface area contributed by atoms with Gasteiger partial charge in [-0.05, 0) is 30.0 Å². The van der Waals surface area contributed by atoms with Gasteiger partial charge in [-0.2, -0.15) is 0 Å². The predicted molar refractivity (Wildman–Crippen MR) is 97.4 cm³/mol. The van der Waals surface area contributed by atoms with Gasteiger partial charge in [-0.25, -0.2) is 0 Å². The molecule has 1 aromatic heterocycles. The normalized spacial score (nSPS) is 10.5. The molecule has 4 heteroatoms. The van der Waals surface area contributed by atoms with E-state index in [4.69, 9.17) is 11.6 Å². The topological polar surface area (TPSA) is 44.9 Å². The number of fused-ring (bicyclic) bond motifs is 1. The zero-order valence-corrected chi connectivity index (χ0v) is 13.2. The van der Waals surface area contributed by atoms with Gasteiger partial charge in [0.05, 0.1) is 5.56 Å². The maximum absolute atomic E-state index is 12.6. The van der Waals surface area contributed by atoms with E-state index in [2.05, 4.69) is 23.5 Å². The first-order valence-electron chi connectivity index (χ1n) is 7.09. The number of hydrogen-bond acceptors (Lipinski definition) is 2. The van der Waals surface area contributed by atoms with Crippen LogP contribution in [0, 0.1) is 0 Å². The summed E-state index contributed by atoms with van der Waals surface area (Å²) >= 11 is 6.16. The first-order valence-corrected chi connectivity index (χ1v) is 7.47. The van der Waals surface area contributed by atoms with Crippen molar-refractivity contribution in [3.8, 4) is 11.1 Å². The molecule has 0 saturated heterocycles. The zero-order chi connectivity index (χ0) is 16.4. The summed E-state index contributed by atoms with van der Waals surface area (Å²) in [5.74, 6) is 0. The average molecular weight is 323 g/mol. The van der Waals surface area contributed by atoms with Crippen LogP contribution >= 0.6 is 11.6 Å².